The Balaban J connectivity index is 1.41. The average molecular weight is 583 g/mol. The molecule has 0 N–H and O–H groups in total. The molecule has 3 rings (SSSR count). The van der Waals surface area contributed by atoms with Crippen molar-refractivity contribution in [1.29, 1.82) is 0 Å². The highest BCUT2D eigenvalue weighted by Crippen LogP contribution is 2.24. The molecule has 8 nitrogen and oxygen atoms in total. The number of unbranched alkanes of at least 4 members (excludes halogenated alkanes) is 2. The Hall–Kier alpha value is -4.98. The van der Waals surface area contributed by atoms with Gasteiger partial charge in [-0.2, -0.15) is 0 Å². The fraction of sp³-hybridized carbons (Fsp3) is 0.257. The van der Waals surface area contributed by atoms with Crippen molar-refractivity contribution in [2.75, 3.05) is 26.4 Å². The first-order valence-electron chi connectivity index (χ1n) is 14.2. The molecule has 8 heteroatoms. The topological polar surface area (TPSA) is 95.8 Å². The second-order valence-corrected chi connectivity index (χ2v) is 9.48. The predicted octanol–water partition coefficient (Wildman–Crippen LogP) is 7.27. The van der Waals surface area contributed by atoms with Gasteiger partial charge in [0.25, 0.3) is 0 Å². The van der Waals surface area contributed by atoms with E-state index in [0.29, 0.717) is 26.4 Å². The highest BCUT2D eigenvalue weighted by molar-refractivity contribution is 5.84. The van der Waals surface area contributed by atoms with Gasteiger partial charge < -0.3 is 18.9 Å². The molecule has 0 radical (unpaired) electrons. The first kappa shape index (κ1) is 32.5. The number of ether oxygens (including phenoxy) is 4. The van der Waals surface area contributed by atoms with Gasteiger partial charge >= 0.3 is 11.9 Å². The van der Waals surface area contributed by atoms with Crippen molar-refractivity contribution in [2.45, 2.75) is 32.6 Å². The minimum Gasteiger partial charge on any atom is -0.494 e. The van der Waals surface area contributed by atoms with E-state index >= 15 is 0 Å². The normalized spacial score (nSPS) is 10.9. The quantitative estimate of drug-likeness (QED) is 0.0677. The summed E-state index contributed by atoms with van der Waals surface area (Å²) in [6, 6.07) is 21.4. The summed E-state index contributed by atoms with van der Waals surface area (Å²) in [7, 11) is 0. The predicted molar refractivity (Wildman–Crippen MR) is 170 cm³/mol. The molecule has 0 saturated heterocycles. The SMILES string of the molecule is C=CC(=O)OCCCCOc1ccc(C=Nc2ccc(N=Cc3ccc(OCCCCOC(=O)C=C)cc3)c(C)c2)cc1. The lowest BCUT2D eigenvalue weighted by atomic mass is 10.1. The summed E-state index contributed by atoms with van der Waals surface area (Å²) in [5.41, 5.74) is 4.66. The zero-order valence-electron chi connectivity index (χ0n) is 24.6. The Kier molecular flexibility index (Phi) is 14.0. The average Bonchev–Trinajstić information content (AvgIpc) is 3.03. The van der Waals surface area contributed by atoms with Crippen molar-refractivity contribution in [3.8, 4) is 11.5 Å². The van der Waals surface area contributed by atoms with Gasteiger partial charge in [0, 0.05) is 24.6 Å². The lowest BCUT2D eigenvalue weighted by molar-refractivity contribution is -0.138. The summed E-state index contributed by atoms with van der Waals surface area (Å²) in [5, 5.41) is 0. The number of carbonyl (C=O) groups is 2. The highest BCUT2D eigenvalue weighted by atomic mass is 16.5. The van der Waals surface area contributed by atoms with E-state index in [1.807, 2.05) is 86.1 Å². The molecular weight excluding hydrogens is 544 g/mol. The van der Waals surface area contributed by atoms with Gasteiger partial charge in [-0.3, -0.25) is 9.98 Å². The maximum Gasteiger partial charge on any atom is 0.330 e. The Morgan fingerprint density at radius 1 is 0.651 bits per heavy atom. The Bertz CT molecular complexity index is 1390. The van der Waals surface area contributed by atoms with Crippen molar-refractivity contribution < 1.29 is 28.5 Å². The standard InChI is InChI=1S/C35H38N2O6/c1-4-34(38)42-22-8-6-20-40-31-15-10-28(11-16-31)25-36-30-14-19-33(27(3)24-30)37-26-29-12-17-32(18-13-29)41-21-7-9-23-43-35(39)5-2/h4-5,10-19,24-26H,1-2,6-9,20-23H2,3H3. The van der Waals surface area contributed by atoms with Crippen LogP contribution in [0.2, 0.25) is 0 Å². The van der Waals surface area contributed by atoms with Crippen LogP contribution in [-0.4, -0.2) is 50.8 Å². The Morgan fingerprint density at radius 2 is 1.12 bits per heavy atom. The summed E-state index contributed by atoms with van der Waals surface area (Å²) < 4.78 is 21.4. The number of carbonyl (C=O) groups excluding carboxylic acids is 2. The first-order valence-corrected chi connectivity index (χ1v) is 14.2. The number of aryl methyl sites for hydroxylation is 1. The molecular formula is C35H38N2O6. The van der Waals surface area contributed by atoms with Crippen molar-refractivity contribution in [3.05, 3.63) is 109 Å². The van der Waals surface area contributed by atoms with Crippen LogP contribution in [0.1, 0.15) is 42.4 Å². The third-order valence-corrected chi connectivity index (χ3v) is 6.09. The van der Waals surface area contributed by atoms with E-state index in [1.54, 1.807) is 0 Å². The van der Waals surface area contributed by atoms with Crippen molar-refractivity contribution in [3.63, 3.8) is 0 Å². The largest absolute Gasteiger partial charge is 0.494 e. The van der Waals surface area contributed by atoms with Gasteiger partial charge in [-0.15, -0.1) is 0 Å². The molecule has 0 aromatic heterocycles. The lowest BCUT2D eigenvalue weighted by Crippen LogP contribution is -2.04. The lowest BCUT2D eigenvalue weighted by Gasteiger charge is -2.07. The number of hydrogen-bond acceptors (Lipinski definition) is 8. The molecule has 43 heavy (non-hydrogen) atoms. The number of nitrogens with zero attached hydrogens (tertiary/aromatic N) is 2. The van der Waals surface area contributed by atoms with Gasteiger partial charge in [0.1, 0.15) is 11.5 Å². The molecule has 0 aliphatic carbocycles. The number of benzene rings is 3. The molecule has 3 aromatic rings. The number of aliphatic imine (C=N–C) groups is 2. The molecule has 0 saturated carbocycles. The number of esters is 2. The monoisotopic (exact) mass is 582 g/mol. The minimum absolute atomic E-state index is 0.363. The van der Waals surface area contributed by atoms with Gasteiger partial charge in [0.05, 0.1) is 37.8 Å². The van der Waals surface area contributed by atoms with Crippen molar-refractivity contribution in [2.24, 2.45) is 9.98 Å². The maximum absolute atomic E-state index is 11.0. The summed E-state index contributed by atoms with van der Waals surface area (Å²) in [5.74, 6) is 0.751. The summed E-state index contributed by atoms with van der Waals surface area (Å²) >= 11 is 0. The van der Waals surface area contributed by atoms with E-state index in [4.69, 9.17) is 18.9 Å². The molecule has 0 heterocycles. The van der Waals surface area contributed by atoms with Gasteiger partial charge in [0.2, 0.25) is 0 Å². The van der Waals surface area contributed by atoms with E-state index in [2.05, 4.69) is 23.1 Å². The second kappa shape index (κ2) is 18.5. The molecule has 0 unspecified atom stereocenters. The van der Waals surface area contributed by atoms with E-state index in [1.165, 1.54) is 0 Å². The summed E-state index contributed by atoms with van der Waals surface area (Å²) in [6.45, 7) is 10.6. The fourth-order valence-electron chi connectivity index (χ4n) is 3.71. The zero-order chi connectivity index (χ0) is 30.7. The van der Waals surface area contributed by atoms with Crippen LogP contribution in [0.25, 0.3) is 0 Å². The Morgan fingerprint density at radius 3 is 1.58 bits per heavy atom. The zero-order valence-corrected chi connectivity index (χ0v) is 24.6. The van der Waals surface area contributed by atoms with Crippen LogP contribution in [-0.2, 0) is 19.1 Å². The van der Waals surface area contributed by atoms with Gasteiger partial charge in [-0.25, -0.2) is 9.59 Å². The van der Waals surface area contributed by atoms with Crippen LogP contribution in [0.3, 0.4) is 0 Å². The second-order valence-electron chi connectivity index (χ2n) is 9.48. The first-order chi connectivity index (χ1) is 21.0. The van der Waals surface area contributed by atoms with E-state index in [-0.39, 0.29) is 0 Å². The van der Waals surface area contributed by atoms with Gasteiger partial charge in [-0.05, 0) is 116 Å². The van der Waals surface area contributed by atoms with Crippen LogP contribution in [0.5, 0.6) is 11.5 Å². The molecule has 0 fully saturated rings. The van der Waals surface area contributed by atoms with E-state index in [9.17, 15) is 9.59 Å². The molecule has 224 valence electrons. The third-order valence-electron chi connectivity index (χ3n) is 6.09. The van der Waals surface area contributed by atoms with Crippen molar-refractivity contribution >= 4 is 35.7 Å². The summed E-state index contributed by atoms with van der Waals surface area (Å²) in [4.78, 5) is 31.3. The molecule has 0 aliphatic rings. The van der Waals surface area contributed by atoms with Crippen molar-refractivity contribution in [1.82, 2.24) is 0 Å². The molecule has 0 atom stereocenters. The number of rotatable bonds is 18. The van der Waals surface area contributed by atoms with Crippen LogP contribution in [0, 0.1) is 6.92 Å². The fourth-order valence-corrected chi connectivity index (χ4v) is 3.71. The molecule has 0 spiro atoms. The highest BCUT2D eigenvalue weighted by Gasteiger charge is 2.01. The van der Waals surface area contributed by atoms with Crippen LogP contribution in [0.4, 0.5) is 11.4 Å². The van der Waals surface area contributed by atoms with Gasteiger partial charge in [0.15, 0.2) is 0 Å². The summed E-state index contributed by atoms with van der Waals surface area (Å²) in [6.07, 6.45) is 9.00. The molecule has 3 aromatic carbocycles. The van der Waals surface area contributed by atoms with E-state index in [0.717, 1.165) is 77.4 Å². The Labute approximate surface area is 253 Å². The maximum atomic E-state index is 11.0. The molecule has 0 amide bonds. The van der Waals surface area contributed by atoms with Crippen LogP contribution in [0.15, 0.2) is 102 Å². The smallest absolute Gasteiger partial charge is 0.330 e. The third kappa shape index (κ3) is 12.6. The molecule has 0 bridgehead atoms. The van der Waals surface area contributed by atoms with Gasteiger partial charge in [-0.1, -0.05) is 13.2 Å². The van der Waals surface area contributed by atoms with Crippen LogP contribution < -0.4 is 9.47 Å². The minimum atomic E-state index is -0.404. The molecule has 0 aliphatic heterocycles. The van der Waals surface area contributed by atoms with E-state index < -0.39 is 11.9 Å². The number of hydrogen-bond donors (Lipinski definition) is 0. The van der Waals surface area contributed by atoms with Crippen LogP contribution >= 0.6 is 0 Å².